The first-order valence-corrected chi connectivity index (χ1v) is 5.61. The van der Waals surface area contributed by atoms with Crippen LogP contribution in [0.2, 0.25) is 0 Å². The van der Waals surface area contributed by atoms with E-state index in [9.17, 15) is 0 Å². The molecule has 1 atom stereocenters. The standard InChI is InChI=1S/C12H20N4/c1-10-11(2)16(9-15-10)7-5-6-12(3,8-13)14-4/h9,14H,5-7H2,1-4H3. The zero-order valence-electron chi connectivity index (χ0n) is 10.5. The second-order valence-electron chi connectivity index (χ2n) is 4.41. The summed E-state index contributed by atoms with van der Waals surface area (Å²) in [7, 11) is 1.83. The molecule has 0 aromatic carbocycles. The Labute approximate surface area is 97.3 Å². The number of hydrogen-bond acceptors (Lipinski definition) is 3. The minimum atomic E-state index is -0.413. The van der Waals surface area contributed by atoms with Gasteiger partial charge in [0.2, 0.25) is 0 Å². The molecule has 0 aliphatic heterocycles. The second-order valence-corrected chi connectivity index (χ2v) is 4.41. The fraction of sp³-hybridized carbons (Fsp3) is 0.667. The molecular weight excluding hydrogens is 200 g/mol. The number of aromatic nitrogens is 2. The topological polar surface area (TPSA) is 53.6 Å². The van der Waals surface area contributed by atoms with E-state index in [4.69, 9.17) is 5.26 Å². The lowest BCUT2D eigenvalue weighted by atomic mass is 9.98. The summed E-state index contributed by atoms with van der Waals surface area (Å²) >= 11 is 0. The van der Waals surface area contributed by atoms with Crippen LogP contribution in [0.15, 0.2) is 6.33 Å². The summed E-state index contributed by atoms with van der Waals surface area (Å²) in [5.74, 6) is 0. The van der Waals surface area contributed by atoms with Gasteiger partial charge in [-0.1, -0.05) is 0 Å². The summed E-state index contributed by atoms with van der Waals surface area (Å²) in [5, 5.41) is 12.1. The smallest absolute Gasteiger partial charge is 0.103 e. The van der Waals surface area contributed by atoms with Gasteiger partial charge >= 0.3 is 0 Å². The second kappa shape index (κ2) is 5.13. The molecule has 0 fully saturated rings. The van der Waals surface area contributed by atoms with Crippen LogP contribution >= 0.6 is 0 Å². The summed E-state index contributed by atoms with van der Waals surface area (Å²) in [6.07, 6.45) is 3.69. The molecule has 1 heterocycles. The molecule has 0 aliphatic rings. The molecule has 1 aromatic rings. The Balaban J connectivity index is 2.48. The normalized spacial score (nSPS) is 14.4. The molecule has 1 unspecified atom stereocenters. The lowest BCUT2D eigenvalue weighted by Crippen LogP contribution is -2.38. The number of hydrogen-bond donors (Lipinski definition) is 1. The highest BCUT2D eigenvalue weighted by Gasteiger charge is 2.20. The lowest BCUT2D eigenvalue weighted by molar-refractivity contribution is 0.422. The first-order chi connectivity index (χ1) is 7.52. The van der Waals surface area contributed by atoms with Gasteiger partial charge in [0, 0.05) is 12.2 Å². The largest absolute Gasteiger partial charge is 0.335 e. The van der Waals surface area contributed by atoms with Crippen molar-refractivity contribution in [3.8, 4) is 6.07 Å². The van der Waals surface area contributed by atoms with Crippen molar-refractivity contribution in [1.29, 1.82) is 5.26 Å². The highest BCUT2D eigenvalue weighted by molar-refractivity contribution is 5.08. The van der Waals surface area contributed by atoms with Gasteiger partial charge in [0.25, 0.3) is 0 Å². The van der Waals surface area contributed by atoms with Crippen LogP contribution in [-0.2, 0) is 6.54 Å². The highest BCUT2D eigenvalue weighted by Crippen LogP contribution is 2.12. The van der Waals surface area contributed by atoms with Gasteiger partial charge in [-0.05, 0) is 40.7 Å². The molecule has 16 heavy (non-hydrogen) atoms. The summed E-state index contributed by atoms with van der Waals surface area (Å²) < 4.78 is 2.14. The molecule has 0 bridgehead atoms. The van der Waals surface area contributed by atoms with Crippen molar-refractivity contribution in [1.82, 2.24) is 14.9 Å². The number of nitriles is 1. The minimum absolute atomic E-state index is 0.413. The van der Waals surface area contributed by atoms with Gasteiger partial charge in [-0.3, -0.25) is 0 Å². The van der Waals surface area contributed by atoms with E-state index < -0.39 is 5.54 Å². The predicted octanol–water partition coefficient (Wildman–Crippen LogP) is 1.78. The van der Waals surface area contributed by atoms with Crippen LogP contribution in [-0.4, -0.2) is 22.1 Å². The molecule has 0 amide bonds. The summed E-state index contributed by atoms with van der Waals surface area (Å²) in [4.78, 5) is 4.25. The maximum atomic E-state index is 9.01. The number of imidazole rings is 1. The average molecular weight is 220 g/mol. The molecule has 88 valence electrons. The van der Waals surface area contributed by atoms with E-state index in [1.165, 1.54) is 5.69 Å². The summed E-state index contributed by atoms with van der Waals surface area (Å²) in [6, 6.07) is 2.30. The molecule has 1 N–H and O–H groups in total. The van der Waals surface area contributed by atoms with Crippen molar-refractivity contribution in [2.45, 2.75) is 45.7 Å². The fourth-order valence-electron chi connectivity index (χ4n) is 1.61. The number of aryl methyl sites for hydroxylation is 2. The quantitative estimate of drug-likeness (QED) is 0.823. The minimum Gasteiger partial charge on any atom is -0.335 e. The van der Waals surface area contributed by atoms with E-state index in [1.54, 1.807) is 0 Å². The van der Waals surface area contributed by atoms with Gasteiger partial charge in [-0.15, -0.1) is 0 Å². The van der Waals surface area contributed by atoms with Gasteiger partial charge in [-0.2, -0.15) is 5.26 Å². The van der Waals surface area contributed by atoms with E-state index in [0.29, 0.717) is 0 Å². The van der Waals surface area contributed by atoms with E-state index in [1.807, 2.05) is 27.2 Å². The average Bonchev–Trinajstić information content (AvgIpc) is 2.60. The molecule has 4 heteroatoms. The van der Waals surface area contributed by atoms with Gasteiger partial charge < -0.3 is 9.88 Å². The van der Waals surface area contributed by atoms with E-state index in [-0.39, 0.29) is 0 Å². The maximum absolute atomic E-state index is 9.01. The Morgan fingerprint density at radius 1 is 1.56 bits per heavy atom. The third kappa shape index (κ3) is 2.83. The number of rotatable bonds is 5. The van der Waals surface area contributed by atoms with Crippen LogP contribution in [0, 0.1) is 25.2 Å². The van der Waals surface area contributed by atoms with Crippen molar-refractivity contribution >= 4 is 0 Å². The monoisotopic (exact) mass is 220 g/mol. The van der Waals surface area contributed by atoms with Gasteiger partial charge in [0.1, 0.15) is 5.54 Å². The first kappa shape index (κ1) is 12.7. The van der Waals surface area contributed by atoms with E-state index >= 15 is 0 Å². The van der Waals surface area contributed by atoms with Crippen LogP contribution in [0.3, 0.4) is 0 Å². The number of nitrogens with zero attached hydrogens (tertiary/aromatic N) is 3. The first-order valence-electron chi connectivity index (χ1n) is 5.61. The zero-order valence-corrected chi connectivity index (χ0v) is 10.5. The molecule has 0 radical (unpaired) electrons. The van der Waals surface area contributed by atoms with Crippen LogP contribution in [0.1, 0.15) is 31.2 Å². The van der Waals surface area contributed by atoms with E-state index in [0.717, 1.165) is 25.1 Å². The highest BCUT2D eigenvalue weighted by atomic mass is 15.0. The van der Waals surface area contributed by atoms with Crippen molar-refractivity contribution in [3.63, 3.8) is 0 Å². The van der Waals surface area contributed by atoms with Crippen LogP contribution in [0.25, 0.3) is 0 Å². The zero-order chi connectivity index (χ0) is 12.2. The van der Waals surface area contributed by atoms with Gasteiger partial charge in [0.05, 0.1) is 18.1 Å². The molecule has 1 rings (SSSR count). The Kier molecular flexibility index (Phi) is 4.08. The lowest BCUT2D eigenvalue weighted by Gasteiger charge is -2.20. The third-order valence-electron chi connectivity index (χ3n) is 3.22. The fourth-order valence-corrected chi connectivity index (χ4v) is 1.61. The Morgan fingerprint density at radius 3 is 2.69 bits per heavy atom. The number of nitrogens with one attached hydrogen (secondary N) is 1. The molecule has 0 aliphatic carbocycles. The Morgan fingerprint density at radius 2 is 2.25 bits per heavy atom. The predicted molar refractivity (Wildman–Crippen MR) is 64.0 cm³/mol. The Hall–Kier alpha value is -1.34. The molecule has 0 saturated carbocycles. The SMILES string of the molecule is CNC(C)(C#N)CCCn1cnc(C)c1C. The van der Waals surface area contributed by atoms with Crippen LogP contribution in [0.5, 0.6) is 0 Å². The molecule has 0 saturated heterocycles. The molecule has 0 spiro atoms. The van der Waals surface area contributed by atoms with Gasteiger partial charge in [-0.25, -0.2) is 4.98 Å². The maximum Gasteiger partial charge on any atom is 0.103 e. The summed E-state index contributed by atoms with van der Waals surface area (Å²) in [6.45, 7) is 6.94. The van der Waals surface area contributed by atoms with Crippen molar-refractivity contribution in [2.24, 2.45) is 0 Å². The molecule has 1 aromatic heterocycles. The van der Waals surface area contributed by atoms with Crippen molar-refractivity contribution in [3.05, 3.63) is 17.7 Å². The van der Waals surface area contributed by atoms with Crippen molar-refractivity contribution in [2.75, 3.05) is 7.05 Å². The Bertz CT molecular complexity index is 388. The van der Waals surface area contributed by atoms with Crippen LogP contribution in [0.4, 0.5) is 0 Å². The van der Waals surface area contributed by atoms with Crippen molar-refractivity contribution < 1.29 is 0 Å². The summed E-state index contributed by atoms with van der Waals surface area (Å²) in [5.41, 5.74) is 1.88. The van der Waals surface area contributed by atoms with Gasteiger partial charge in [0.15, 0.2) is 0 Å². The molecular formula is C12H20N4. The van der Waals surface area contributed by atoms with E-state index in [2.05, 4.69) is 27.9 Å². The third-order valence-corrected chi connectivity index (χ3v) is 3.22. The van der Waals surface area contributed by atoms with Crippen LogP contribution < -0.4 is 5.32 Å². The molecule has 4 nitrogen and oxygen atoms in total.